The summed E-state index contributed by atoms with van der Waals surface area (Å²) in [5.74, 6) is 1.73. The van der Waals surface area contributed by atoms with Crippen molar-refractivity contribution in [3.63, 3.8) is 0 Å². The van der Waals surface area contributed by atoms with E-state index < -0.39 is 0 Å². The molecule has 0 unspecified atom stereocenters. The summed E-state index contributed by atoms with van der Waals surface area (Å²) in [5.41, 5.74) is 1.37. The highest BCUT2D eigenvalue weighted by Crippen LogP contribution is 2.32. The molecule has 0 saturated carbocycles. The molecule has 1 fully saturated rings. The lowest BCUT2D eigenvalue weighted by atomic mass is 10.1. The Bertz CT molecular complexity index is 399. The monoisotopic (exact) mass is 275 g/mol. The van der Waals surface area contributed by atoms with Gasteiger partial charge in [0.2, 0.25) is 0 Å². The molecule has 0 aliphatic carbocycles. The van der Waals surface area contributed by atoms with Gasteiger partial charge in [-0.15, -0.1) is 0 Å². The van der Waals surface area contributed by atoms with Gasteiger partial charge in [-0.05, 0) is 50.3 Å². The van der Waals surface area contributed by atoms with Gasteiger partial charge in [-0.25, -0.2) is 4.98 Å². The first-order valence-corrected chi connectivity index (χ1v) is 8.06. The van der Waals surface area contributed by atoms with Crippen LogP contribution in [0.15, 0.2) is 18.3 Å². The standard InChI is InChI=1S/C17H29N3/c1-5-14(4)19-17-9-8-15(11-18-17)16-7-6-10-20(16)12-13(2)3/h8-9,11,13-14,16H,5-7,10,12H2,1-4H3,(H,18,19)/t14-,16+/m0/s1. The maximum atomic E-state index is 4.59. The minimum atomic E-state index is 0.484. The molecular formula is C17H29N3. The third-order valence-corrected chi connectivity index (χ3v) is 4.14. The zero-order chi connectivity index (χ0) is 14.5. The summed E-state index contributed by atoms with van der Waals surface area (Å²) in [6.07, 6.45) is 5.76. The van der Waals surface area contributed by atoms with E-state index in [-0.39, 0.29) is 0 Å². The van der Waals surface area contributed by atoms with Gasteiger partial charge in [-0.3, -0.25) is 4.90 Å². The normalized spacial score (nSPS) is 21.4. The summed E-state index contributed by atoms with van der Waals surface area (Å²) >= 11 is 0. The quantitative estimate of drug-likeness (QED) is 0.847. The van der Waals surface area contributed by atoms with Crippen LogP contribution in [0.1, 0.15) is 58.6 Å². The van der Waals surface area contributed by atoms with Crippen LogP contribution < -0.4 is 5.32 Å². The van der Waals surface area contributed by atoms with E-state index in [0.717, 1.165) is 18.2 Å². The molecule has 1 aliphatic rings. The molecule has 0 radical (unpaired) electrons. The summed E-state index contributed by atoms with van der Waals surface area (Å²) in [6, 6.07) is 5.44. The van der Waals surface area contributed by atoms with Crippen molar-refractivity contribution in [3.8, 4) is 0 Å². The summed E-state index contributed by atoms with van der Waals surface area (Å²) in [7, 11) is 0. The number of anilines is 1. The van der Waals surface area contributed by atoms with Gasteiger partial charge in [-0.1, -0.05) is 26.8 Å². The Labute approximate surface area is 123 Å². The highest BCUT2D eigenvalue weighted by Gasteiger charge is 2.26. The van der Waals surface area contributed by atoms with Gasteiger partial charge >= 0.3 is 0 Å². The van der Waals surface area contributed by atoms with Gasteiger partial charge in [-0.2, -0.15) is 0 Å². The van der Waals surface area contributed by atoms with Crippen LogP contribution >= 0.6 is 0 Å². The fourth-order valence-corrected chi connectivity index (χ4v) is 2.93. The number of rotatable bonds is 6. The Morgan fingerprint density at radius 1 is 1.35 bits per heavy atom. The maximum absolute atomic E-state index is 4.59. The molecule has 1 aromatic heterocycles. The Morgan fingerprint density at radius 2 is 2.15 bits per heavy atom. The SMILES string of the molecule is CC[C@H](C)Nc1ccc([C@H]2CCCN2CC(C)C)cn1. The fourth-order valence-electron chi connectivity index (χ4n) is 2.93. The van der Waals surface area contributed by atoms with Crippen molar-refractivity contribution in [2.45, 2.75) is 59.0 Å². The average Bonchev–Trinajstić information content (AvgIpc) is 2.87. The molecule has 0 bridgehead atoms. The number of nitrogens with one attached hydrogen (secondary N) is 1. The molecule has 3 heteroatoms. The lowest BCUT2D eigenvalue weighted by molar-refractivity contribution is 0.228. The number of likely N-dealkylation sites (tertiary alicyclic amines) is 1. The van der Waals surface area contributed by atoms with E-state index in [1.807, 2.05) is 0 Å². The minimum Gasteiger partial charge on any atom is -0.368 e. The van der Waals surface area contributed by atoms with Crippen LogP contribution in [0.2, 0.25) is 0 Å². The molecule has 20 heavy (non-hydrogen) atoms. The molecule has 1 N–H and O–H groups in total. The second-order valence-electron chi connectivity index (χ2n) is 6.48. The number of hydrogen-bond acceptors (Lipinski definition) is 3. The predicted octanol–water partition coefficient (Wildman–Crippen LogP) is 4.08. The van der Waals surface area contributed by atoms with Crippen LogP contribution in [0.4, 0.5) is 5.82 Å². The first kappa shape index (κ1) is 15.3. The largest absolute Gasteiger partial charge is 0.368 e. The molecule has 2 atom stereocenters. The minimum absolute atomic E-state index is 0.484. The second kappa shape index (κ2) is 7.07. The Kier molecular flexibility index (Phi) is 5.41. The molecule has 0 amide bonds. The first-order chi connectivity index (χ1) is 9.60. The highest BCUT2D eigenvalue weighted by atomic mass is 15.2. The molecule has 112 valence electrons. The van der Waals surface area contributed by atoms with Gasteiger partial charge < -0.3 is 5.32 Å². The highest BCUT2D eigenvalue weighted by molar-refractivity contribution is 5.37. The lowest BCUT2D eigenvalue weighted by Gasteiger charge is -2.26. The molecule has 2 heterocycles. The van der Waals surface area contributed by atoms with E-state index in [1.54, 1.807) is 0 Å². The molecule has 1 aromatic rings. The van der Waals surface area contributed by atoms with Gasteiger partial charge in [0, 0.05) is 24.8 Å². The molecular weight excluding hydrogens is 246 g/mol. The van der Waals surface area contributed by atoms with Crippen LogP contribution in [0.3, 0.4) is 0 Å². The Hall–Kier alpha value is -1.09. The molecule has 3 nitrogen and oxygen atoms in total. The topological polar surface area (TPSA) is 28.2 Å². The number of hydrogen-bond donors (Lipinski definition) is 1. The predicted molar refractivity (Wildman–Crippen MR) is 86.0 cm³/mol. The first-order valence-electron chi connectivity index (χ1n) is 8.06. The summed E-state index contributed by atoms with van der Waals surface area (Å²) < 4.78 is 0. The van der Waals surface area contributed by atoms with E-state index >= 15 is 0 Å². The lowest BCUT2D eigenvalue weighted by Crippen LogP contribution is -2.27. The van der Waals surface area contributed by atoms with Crippen molar-refractivity contribution in [1.29, 1.82) is 0 Å². The number of nitrogens with zero attached hydrogens (tertiary/aromatic N) is 2. The van der Waals surface area contributed by atoms with Crippen LogP contribution in [0, 0.1) is 5.92 Å². The zero-order valence-electron chi connectivity index (χ0n) is 13.4. The molecule has 0 aromatic carbocycles. The van der Waals surface area contributed by atoms with Gasteiger partial charge in [0.15, 0.2) is 0 Å². The molecule has 1 aliphatic heterocycles. The van der Waals surface area contributed by atoms with Gasteiger partial charge in [0.05, 0.1) is 0 Å². The van der Waals surface area contributed by atoms with Crippen molar-refractivity contribution in [2.24, 2.45) is 5.92 Å². The second-order valence-corrected chi connectivity index (χ2v) is 6.48. The van der Waals surface area contributed by atoms with Gasteiger partial charge in [0.1, 0.15) is 5.82 Å². The Morgan fingerprint density at radius 3 is 2.75 bits per heavy atom. The summed E-state index contributed by atoms with van der Waals surface area (Å²) in [6.45, 7) is 11.4. The molecule has 1 saturated heterocycles. The molecule has 0 spiro atoms. The van der Waals surface area contributed by atoms with Crippen molar-refractivity contribution >= 4 is 5.82 Å². The van der Waals surface area contributed by atoms with Crippen molar-refractivity contribution in [3.05, 3.63) is 23.9 Å². The fraction of sp³-hybridized carbons (Fsp3) is 0.706. The van der Waals surface area contributed by atoms with Crippen molar-refractivity contribution < 1.29 is 0 Å². The van der Waals surface area contributed by atoms with Gasteiger partial charge in [0.25, 0.3) is 0 Å². The van der Waals surface area contributed by atoms with Crippen LogP contribution in [-0.2, 0) is 0 Å². The van der Waals surface area contributed by atoms with E-state index in [4.69, 9.17) is 0 Å². The maximum Gasteiger partial charge on any atom is 0.126 e. The van der Waals surface area contributed by atoms with Crippen LogP contribution in [0.5, 0.6) is 0 Å². The zero-order valence-corrected chi connectivity index (χ0v) is 13.4. The summed E-state index contributed by atoms with van der Waals surface area (Å²) in [5, 5.41) is 3.43. The van der Waals surface area contributed by atoms with Crippen molar-refractivity contribution in [1.82, 2.24) is 9.88 Å². The van der Waals surface area contributed by atoms with E-state index in [0.29, 0.717) is 12.1 Å². The Balaban J connectivity index is 2.01. The van der Waals surface area contributed by atoms with E-state index in [1.165, 1.54) is 31.5 Å². The number of pyridine rings is 1. The average molecular weight is 275 g/mol. The molecule has 2 rings (SSSR count). The third-order valence-electron chi connectivity index (χ3n) is 4.14. The third kappa shape index (κ3) is 3.95. The van der Waals surface area contributed by atoms with E-state index in [2.05, 4.69) is 61.2 Å². The van der Waals surface area contributed by atoms with Crippen LogP contribution in [0.25, 0.3) is 0 Å². The van der Waals surface area contributed by atoms with E-state index in [9.17, 15) is 0 Å². The smallest absolute Gasteiger partial charge is 0.126 e. The van der Waals surface area contributed by atoms with Crippen LogP contribution in [-0.4, -0.2) is 29.0 Å². The van der Waals surface area contributed by atoms with Crippen molar-refractivity contribution in [2.75, 3.05) is 18.4 Å². The summed E-state index contributed by atoms with van der Waals surface area (Å²) in [4.78, 5) is 7.20. The number of aromatic nitrogens is 1.